The molecular weight excluding hydrogens is 266 g/mol. The summed E-state index contributed by atoms with van der Waals surface area (Å²) in [5, 5.41) is 7.82. The van der Waals surface area contributed by atoms with Crippen molar-refractivity contribution in [3.63, 3.8) is 0 Å². The van der Waals surface area contributed by atoms with Gasteiger partial charge in [-0.2, -0.15) is 5.10 Å². The molecule has 1 aromatic heterocycles. The molecule has 5 heteroatoms. The summed E-state index contributed by atoms with van der Waals surface area (Å²) in [7, 11) is 1.66. The number of ether oxygens (including phenoxy) is 2. The Bertz CT molecular complexity index is 576. The third-order valence-electron chi connectivity index (χ3n) is 3.74. The summed E-state index contributed by atoms with van der Waals surface area (Å²) in [5.41, 5.74) is 0.958. The van der Waals surface area contributed by atoms with Crippen LogP contribution in [-0.4, -0.2) is 36.1 Å². The van der Waals surface area contributed by atoms with Crippen LogP contribution in [0.1, 0.15) is 19.3 Å². The Balaban J connectivity index is 1.62. The largest absolute Gasteiger partial charge is 0.497 e. The van der Waals surface area contributed by atoms with Crippen molar-refractivity contribution in [1.82, 2.24) is 15.1 Å². The predicted molar refractivity (Wildman–Crippen MR) is 81.3 cm³/mol. The highest BCUT2D eigenvalue weighted by atomic mass is 16.5. The van der Waals surface area contributed by atoms with Crippen LogP contribution in [0.2, 0.25) is 0 Å². The lowest BCUT2D eigenvalue weighted by Gasteiger charge is -2.22. The molecule has 21 heavy (non-hydrogen) atoms. The second-order valence-electron chi connectivity index (χ2n) is 5.28. The molecule has 1 saturated heterocycles. The van der Waals surface area contributed by atoms with E-state index in [0.29, 0.717) is 12.6 Å². The first-order chi connectivity index (χ1) is 10.3. The molecule has 1 unspecified atom stereocenters. The topological polar surface area (TPSA) is 48.3 Å². The molecule has 1 fully saturated rings. The van der Waals surface area contributed by atoms with Gasteiger partial charge in [0, 0.05) is 12.1 Å². The molecule has 112 valence electrons. The summed E-state index contributed by atoms with van der Waals surface area (Å²) in [5.74, 6) is 1.61. The molecule has 0 bridgehead atoms. The average Bonchev–Trinajstić information content (AvgIpc) is 3.03. The molecule has 0 aliphatic carbocycles. The summed E-state index contributed by atoms with van der Waals surface area (Å²) in [6.07, 6.45) is 7.39. The summed E-state index contributed by atoms with van der Waals surface area (Å²) in [6.45, 7) is 1.79. The second-order valence-corrected chi connectivity index (χ2v) is 5.28. The number of aromatic nitrogens is 2. The number of nitrogens with one attached hydrogen (secondary N) is 1. The number of rotatable bonds is 5. The molecule has 3 rings (SSSR count). The van der Waals surface area contributed by atoms with Crippen molar-refractivity contribution in [3.8, 4) is 17.2 Å². The quantitative estimate of drug-likeness (QED) is 0.917. The Morgan fingerprint density at radius 1 is 1.33 bits per heavy atom. The van der Waals surface area contributed by atoms with E-state index in [-0.39, 0.29) is 0 Å². The number of piperidine rings is 1. The molecule has 1 aliphatic heterocycles. The minimum absolute atomic E-state index is 0.457. The molecule has 2 aromatic rings. The van der Waals surface area contributed by atoms with E-state index in [1.165, 1.54) is 19.3 Å². The summed E-state index contributed by atoms with van der Waals surface area (Å²) >= 11 is 0. The second kappa shape index (κ2) is 6.63. The van der Waals surface area contributed by atoms with Crippen LogP contribution in [0.5, 0.6) is 11.5 Å². The van der Waals surface area contributed by atoms with Gasteiger partial charge in [-0.15, -0.1) is 0 Å². The Labute approximate surface area is 124 Å². The van der Waals surface area contributed by atoms with Gasteiger partial charge in [0.15, 0.2) is 5.75 Å². The monoisotopic (exact) mass is 287 g/mol. The maximum absolute atomic E-state index is 5.83. The number of benzene rings is 1. The third-order valence-corrected chi connectivity index (χ3v) is 3.74. The first kappa shape index (κ1) is 13.9. The minimum atomic E-state index is 0.457. The molecule has 5 nitrogen and oxygen atoms in total. The van der Waals surface area contributed by atoms with Crippen molar-refractivity contribution >= 4 is 0 Å². The summed E-state index contributed by atoms with van der Waals surface area (Å²) < 4.78 is 12.9. The smallest absolute Gasteiger partial charge is 0.157 e. The zero-order valence-corrected chi connectivity index (χ0v) is 12.3. The number of methoxy groups -OCH3 is 1. The fourth-order valence-electron chi connectivity index (χ4n) is 2.54. The van der Waals surface area contributed by atoms with Crippen LogP contribution in [0.15, 0.2) is 36.7 Å². The molecule has 1 aliphatic rings. The zero-order valence-electron chi connectivity index (χ0n) is 12.3. The van der Waals surface area contributed by atoms with Crippen LogP contribution in [0, 0.1) is 0 Å². The standard InChI is InChI=1S/C16H21N3O2/c1-20-15-7-4-6-14(9-15)19-11-16(10-18-19)21-12-13-5-2-3-8-17-13/h4,6-7,9-11,13,17H,2-3,5,8,12H2,1H3. The molecule has 1 atom stereocenters. The maximum atomic E-state index is 5.83. The fourth-order valence-corrected chi connectivity index (χ4v) is 2.54. The number of nitrogens with zero attached hydrogens (tertiary/aromatic N) is 2. The lowest BCUT2D eigenvalue weighted by Crippen LogP contribution is -2.38. The van der Waals surface area contributed by atoms with Crippen LogP contribution in [0.4, 0.5) is 0 Å². The molecule has 0 amide bonds. The van der Waals surface area contributed by atoms with E-state index in [9.17, 15) is 0 Å². The van der Waals surface area contributed by atoms with E-state index in [0.717, 1.165) is 23.7 Å². The van der Waals surface area contributed by atoms with Crippen molar-refractivity contribution < 1.29 is 9.47 Å². The molecule has 0 radical (unpaired) electrons. The van der Waals surface area contributed by atoms with E-state index in [1.54, 1.807) is 18.0 Å². The Morgan fingerprint density at radius 3 is 3.10 bits per heavy atom. The van der Waals surface area contributed by atoms with Crippen LogP contribution in [-0.2, 0) is 0 Å². The zero-order chi connectivity index (χ0) is 14.5. The number of hydrogen-bond donors (Lipinski definition) is 1. The van der Waals surface area contributed by atoms with Crippen molar-refractivity contribution in [2.24, 2.45) is 0 Å². The van der Waals surface area contributed by atoms with Gasteiger partial charge >= 0.3 is 0 Å². The molecule has 1 aromatic carbocycles. The lowest BCUT2D eigenvalue weighted by atomic mass is 10.1. The van der Waals surface area contributed by atoms with Crippen molar-refractivity contribution in [2.75, 3.05) is 20.3 Å². The molecular formula is C16H21N3O2. The van der Waals surface area contributed by atoms with Gasteiger partial charge in [0.2, 0.25) is 0 Å². The van der Waals surface area contributed by atoms with Crippen LogP contribution < -0.4 is 14.8 Å². The maximum Gasteiger partial charge on any atom is 0.157 e. The van der Waals surface area contributed by atoms with Gasteiger partial charge in [-0.1, -0.05) is 12.5 Å². The Morgan fingerprint density at radius 2 is 2.29 bits per heavy atom. The Hall–Kier alpha value is -2.01. The van der Waals surface area contributed by atoms with Crippen molar-refractivity contribution in [3.05, 3.63) is 36.7 Å². The third kappa shape index (κ3) is 3.55. The highest BCUT2D eigenvalue weighted by Crippen LogP contribution is 2.19. The van der Waals surface area contributed by atoms with Gasteiger partial charge in [0.25, 0.3) is 0 Å². The van der Waals surface area contributed by atoms with E-state index in [1.807, 2.05) is 30.5 Å². The van der Waals surface area contributed by atoms with E-state index in [2.05, 4.69) is 10.4 Å². The van der Waals surface area contributed by atoms with E-state index in [4.69, 9.17) is 9.47 Å². The van der Waals surface area contributed by atoms with Crippen LogP contribution in [0.3, 0.4) is 0 Å². The molecule has 1 N–H and O–H groups in total. The van der Waals surface area contributed by atoms with Crippen LogP contribution >= 0.6 is 0 Å². The van der Waals surface area contributed by atoms with Gasteiger partial charge in [0.05, 0.1) is 25.2 Å². The summed E-state index contributed by atoms with van der Waals surface area (Å²) in [4.78, 5) is 0. The summed E-state index contributed by atoms with van der Waals surface area (Å²) in [6, 6.07) is 8.25. The number of hydrogen-bond acceptors (Lipinski definition) is 4. The van der Waals surface area contributed by atoms with E-state index >= 15 is 0 Å². The minimum Gasteiger partial charge on any atom is -0.497 e. The van der Waals surface area contributed by atoms with E-state index < -0.39 is 0 Å². The van der Waals surface area contributed by atoms with Crippen molar-refractivity contribution in [1.29, 1.82) is 0 Å². The van der Waals surface area contributed by atoms with Gasteiger partial charge in [-0.3, -0.25) is 0 Å². The van der Waals surface area contributed by atoms with Gasteiger partial charge in [-0.05, 0) is 31.5 Å². The highest BCUT2D eigenvalue weighted by Gasteiger charge is 2.13. The first-order valence-electron chi connectivity index (χ1n) is 7.40. The molecule has 2 heterocycles. The Kier molecular flexibility index (Phi) is 4.40. The SMILES string of the molecule is COc1cccc(-n2cc(OCC3CCCCN3)cn2)c1. The highest BCUT2D eigenvalue weighted by molar-refractivity contribution is 5.39. The van der Waals surface area contributed by atoms with Gasteiger partial charge in [-0.25, -0.2) is 4.68 Å². The van der Waals surface area contributed by atoms with Crippen molar-refractivity contribution in [2.45, 2.75) is 25.3 Å². The predicted octanol–water partition coefficient (Wildman–Crippen LogP) is 2.40. The molecule has 0 saturated carbocycles. The fraction of sp³-hybridized carbons (Fsp3) is 0.438. The normalized spacial score (nSPS) is 18.4. The molecule has 0 spiro atoms. The lowest BCUT2D eigenvalue weighted by molar-refractivity contribution is 0.239. The van der Waals surface area contributed by atoms with Crippen LogP contribution in [0.25, 0.3) is 5.69 Å². The van der Waals surface area contributed by atoms with Gasteiger partial charge in [0.1, 0.15) is 12.4 Å². The first-order valence-corrected chi connectivity index (χ1v) is 7.40. The van der Waals surface area contributed by atoms with Gasteiger partial charge < -0.3 is 14.8 Å². The average molecular weight is 287 g/mol.